The Kier molecular flexibility index (Phi) is 3.15. The van der Waals surface area contributed by atoms with Crippen LogP contribution in [0.5, 0.6) is 0 Å². The molecule has 0 bridgehead atoms. The van der Waals surface area contributed by atoms with Gasteiger partial charge in [0.1, 0.15) is 5.82 Å². The van der Waals surface area contributed by atoms with Gasteiger partial charge in [-0.05, 0) is 36.0 Å². The minimum atomic E-state index is 0.0900. The molecule has 0 spiro atoms. The molecular weight excluding hydrogens is 200 g/mol. The molecule has 1 aliphatic rings. The maximum Gasteiger partial charge on any atom is 0.128 e. The van der Waals surface area contributed by atoms with Crippen LogP contribution < -0.4 is 4.90 Å². The molecule has 0 unspecified atom stereocenters. The van der Waals surface area contributed by atoms with E-state index >= 15 is 0 Å². The minimum Gasteiger partial charge on any atom is -0.392 e. The monoisotopic (exact) mass is 220 g/mol. The lowest BCUT2D eigenvalue weighted by Gasteiger charge is -2.38. The summed E-state index contributed by atoms with van der Waals surface area (Å²) >= 11 is 0. The highest BCUT2D eigenvalue weighted by Gasteiger charge is 2.26. The molecule has 0 amide bonds. The quantitative estimate of drug-likeness (QED) is 0.830. The van der Waals surface area contributed by atoms with Crippen molar-refractivity contribution in [2.45, 2.75) is 33.3 Å². The molecule has 3 heteroatoms. The number of nitrogens with zero attached hydrogens (tertiary/aromatic N) is 2. The van der Waals surface area contributed by atoms with Crippen LogP contribution in [0, 0.1) is 5.41 Å². The van der Waals surface area contributed by atoms with Crippen molar-refractivity contribution in [3.63, 3.8) is 0 Å². The number of hydrogen-bond acceptors (Lipinski definition) is 3. The molecule has 1 fully saturated rings. The van der Waals surface area contributed by atoms with E-state index in [4.69, 9.17) is 5.11 Å². The van der Waals surface area contributed by atoms with Gasteiger partial charge >= 0.3 is 0 Å². The predicted molar refractivity (Wildman–Crippen MR) is 65.4 cm³/mol. The summed E-state index contributed by atoms with van der Waals surface area (Å²) in [4.78, 5) is 6.71. The number of pyridine rings is 1. The second-order valence-electron chi connectivity index (χ2n) is 5.37. The predicted octanol–water partition coefficient (Wildman–Crippen LogP) is 2.20. The van der Waals surface area contributed by atoms with Gasteiger partial charge in [0.05, 0.1) is 6.61 Å². The van der Waals surface area contributed by atoms with Gasteiger partial charge in [-0.1, -0.05) is 13.8 Å². The lowest BCUT2D eigenvalue weighted by Crippen LogP contribution is -2.40. The van der Waals surface area contributed by atoms with Crippen LogP contribution in [0.15, 0.2) is 18.3 Å². The summed E-state index contributed by atoms with van der Waals surface area (Å²) in [6, 6.07) is 3.85. The highest BCUT2D eigenvalue weighted by molar-refractivity contribution is 5.41. The van der Waals surface area contributed by atoms with Crippen LogP contribution in [0.3, 0.4) is 0 Å². The van der Waals surface area contributed by atoms with E-state index in [9.17, 15) is 0 Å². The Hall–Kier alpha value is -1.09. The van der Waals surface area contributed by atoms with Crippen LogP contribution in [-0.2, 0) is 6.61 Å². The first-order valence-corrected chi connectivity index (χ1v) is 5.91. The first kappa shape index (κ1) is 11.4. The van der Waals surface area contributed by atoms with Gasteiger partial charge in [0.25, 0.3) is 0 Å². The third-order valence-corrected chi connectivity index (χ3v) is 3.22. The maximum absolute atomic E-state index is 9.12. The summed E-state index contributed by atoms with van der Waals surface area (Å²) < 4.78 is 0. The zero-order valence-corrected chi connectivity index (χ0v) is 10.1. The lowest BCUT2D eigenvalue weighted by molar-refractivity contribution is 0.281. The molecule has 2 rings (SSSR count). The van der Waals surface area contributed by atoms with Crippen LogP contribution in [0.25, 0.3) is 0 Å². The fourth-order valence-electron chi connectivity index (χ4n) is 2.35. The third kappa shape index (κ3) is 2.53. The van der Waals surface area contributed by atoms with E-state index in [0.717, 1.165) is 24.5 Å². The normalized spacial score (nSPS) is 19.8. The molecule has 16 heavy (non-hydrogen) atoms. The smallest absolute Gasteiger partial charge is 0.128 e. The van der Waals surface area contributed by atoms with E-state index in [2.05, 4.69) is 23.7 Å². The van der Waals surface area contributed by atoms with Gasteiger partial charge in [-0.3, -0.25) is 0 Å². The van der Waals surface area contributed by atoms with Crippen LogP contribution in [0.2, 0.25) is 0 Å². The first-order chi connectivity index (χ1) is 7.61. The second kappa shape index (κ2) is 4.42. The number of rotatable bonds is 2. The molecule has 1 saturated heterocycles. The summed E-state index contributed by atoms with van der Waals surface area (Å²) in [5.74, 6) is 0.999. The molecule has 0 saturated carbocycles. The Morgan fingerprint density at radius 3 is 3.00 bits per heavy atom. The highest BCUT2D eigenvalue weighted by Crippen LogP contribution is 2.30. The number of aromatic nitrogens is 1. The summed E-state index contributed by atoms with van der Waals surface area (Å²) in [6.07, 6.45) is 4.28. The van der Waals surface area contributed by atoms with Crippen LogP contribution in [0.4, 0.5) is 5.82 Å². The average molecular weight is 220 g/mol. The van der Waals surface area contributed by atoms with E-state index in [1.165, 1.54) is 12.8 Å². The minimum absolute atomic E-state index is 0.0900. The molecular formula is C13H20N2O. The number of piperidine rings is 1. The fraction of sp³-hybridized carbons (Fsp3) is 0.615. The van der Waals surface area contributed by atoms with E-state index in [1.54, 1.807) is 6.20 Å². The topological polar surface area (TPSA) is 36.4 Å². The SMILES string of the molecule is CC1(C)CCCN(c2cc(CO)ccn2)C1. The maximum atomic E-state index is 9.12. The Labute approximate surface area is 97.1 Å². The Balaban J connectivity index is 2.16. The lowest BCUT2D eigenvalue weighted by atomic mass is 9.84. The van der Waals surface area contributed by atoms with E-state index in [0.29, 0.717) is 5.41 Å². The molecule has 88 valence electrons. The van der Waals surface area contributed by atoms with Crippen molar-refractivity contribution < 1.29 is 5.11 Å². The summed E-state index contributed by atoms with van der Waals surface area (Å²) in [7, 11) is 0. The molecule has 1 aromatic rings. The molecule has 1 aliphatic heterocycles. The van der Waals surface area contributed by atoms with Gasteiger partial charge < -0.3 is 10.0 Å². The number of aliphatic hydroxyl groups excluding tert-OH is 1. The van der Waals surface area contributed by atoms with Crippen LogP contribution in [-0.4, -0.2) is 23.2 Å². The van der Waals surface area contributed by atoms with E-state index in [-0.39, 0.29) is 6.61 Å². The first-order valence-electron chi connectivity index (χ1n) is 5.91. The third-order valence-electron chi connectivity index (χ3n) is 3.22. The van der Waals surface area contributed by atoms with Gasteiger partial charge in [0.15, 0.2) is 0 Å². The van der Waals surface area contributed by atoms with E-state index < -0.39 is 0 Å². The Morgan fingerprint density at radius 2 is 2.31 bits per heavy atom. The Bertz CT molecular complexity index is 363. The van der Waals surface area contributed by atoms with Crippen molar-refractivity contribution in [1.82, 2.24) is 4.98 Å². The molecule has 3 nitrogen and oxygen atoms in total. The molecule has 1 aromatic heterocycles. The molecule has 0 aliphatic carbocycles. The van der Waals surface area contributed by atoms with Crippen LogP contribution >= 0.6 is 0 Å². The van der Waals surface area contributed by atoms with Gasteiger partial charge in [-0.2, -0.15) is 0 Å². The Morgan fingerprint density at radius 1 is 1.50 bits per heavy atom. The largest absolute Gasteiger partial charge is 0.392 e. The van der Waals surface area contributed by atoms with Crippen molar-refractivity contribution in [2.24, 2.45) is 5.41 Å². The summed E-state index contributed by atoms with van der Waals surface area (Å²) in [6.45, 7) is 6.82. The second-order valence-corrected chi connectivity index (χ2v) is 5.37. The average Bonchev–Trinajstić information content (AvgIpc) is 2.28. The number of hydrogen-bond donors (Lipinski definition) is 1. The standard InChI is InChI=1S/C13H20N2O/c1-13(2)5-3-7-15(10-13)12-8-11(9-16)4-6-14-12/h4,6,8,16H,3,5,7,9-10H2,1-2H3. The number of aliphatic hydroxyl groups is 1. The fourth-order valence-corrected chi connectivity index (χ4v) is 2.35. The van der Waals surface area contributed by atoms with Crippen molar-refractivity contribution in [2.75, 3.05) is 18.0 Å². The van der Waals surface area contributed by atoms with Gasteiger partial charge in [-0.25, -0.2) is 4.98 Å². The number of anilines is 1. The molecule has 0 atom stereocenters. The van der Waals surface area contributed by atoms with Crippen LogP contribution in [0.1, 0.15) is 32.3 Å². The molecule has 0 aromatic carbocycles. The van der Waals surface area contributed by atoms with Crippen molar-refractivity contribution in [3.05, 3.63) is 23.9 Å². The van der Waals surface area contributed by atoms with Crippen molar-refractivity contribution in [3.8, 4) is 0 Å². The highest BCUT2D eigenvalue weighted by atomic mass is 16.3. The van der Waals surface area contributed by atoms with Gasteiger partial charge in [-0.15, -0.1) is 0 Å². The van der Waals surface area contributed by atoms with E-state index in [1.807, 2.05) is 12.1 Å². The zero-order valence-electron chi connectivity index (χ0n) is 10.1. The zero-order chi connectivity index (χ0) is 11.6. The summed E-state index contributed by atoms with van der Waals surface area (Å²) in [5, 5.41) is 9.12. The summed E-state index contributed by atoms with van der Waals surface area (Å²) in [5.41, 5.74) is 1.31. The molecule has 0 radical (unpaired) electrons. The molecule has 1 N–H and O–H groups in total. The van der Waals surface area contributed by atoms with Gasteiger partial charge in [0, 0.05) is 19.3 Å². The van der Waals surface area contributed by atoms with Gasteiger partial charge in [0.2, 0.25) is 0 Å². The molecule has 2 heterocycles. The van der Waals surface area contributed by atoms with Crippen molar-refractivity contribution >= 4 is 5.82 Å². The van der Waals surface area contributed by atoms with Crippen molar-refractivity contribution in [1.29, 1.82) is 0 Å².